The Balaban J connectivity index is 1.59. The van der Waals surface area contributed by atoms with Crippen molar-refractivity contribution in [2.45, 2.75) is 17.0 Å². The maximum Gasteiger partial charge on any atom is 0.447 e. The Kier molecular flexibility index (Phi) is 6.20. The van der Waals surface area contributed by atoms with Gasteiger partial charge in [-0.2, -0.15) is 18.2 Å². The van der Waals surface area contributed by atoms with Crippen molar-refractivity contribution in [3.63, 3.8) is 0 Å². The van der Waals surface area contributed by atoms with Gasteiger partial charge < -0.3 is 9.84 Å². The minimum Gasteiger partial charge on any atom is -0.351 e. The molecule has 0 aliphatic heterocycles. The highest BCUT2D eigenvalue weighted by Crippen LogP contribution is 2.37. The third-order valence-corrected chi connectivity index (χ3v) is 4.43. The Hall–Kier alpha value is -2.59. The summed E-state index contributed by atoms with van der Waals surface area (Å²) in [7, 11) is 0. The molecule has 2 aromatic heterocycles. The predicted molar refractivity (Wildman–Crippen MR) is 96.9 cm³/mol. The zero-order chi connectivity index (χ0) is 20.1. The normalized spacial score (nSPS) is 11.4. The third kappa shape index (κ3) is 5.46. The molecule has 3 aromatic rings. The molecular weight excluding hydrogens is 417 g/mol. The van der Waals surface area contributed by atoms with E-state index < -0.39 is 28.2 Å². The summed E-state index contributed by atoms with van der Waals surface area (Å²) in [6.45, 7) is 0.103. The van der Waals surface area contributed by atoms with E-state index in [1.165, 1.54) is 18.3 Å². The molecule has 0 bridgehead atoms. The van der Waals surface area contributed by atoms with Crippen LogP contribution in [-0.4, -0.2) is 33.1 Å². The number of nitrogens with one attached hydrogen (secondary N) is 1. The maximum atomic E-state index is 12.6. The minimum atomic E-state index is -4.54. The van der Waals surface area contributed by atoms with E-state index >= 15 is 0 Å². The number of alkyl halides is 3. The fraction of sp³-hybridized carbons (Fsp3) is 0.176. The van der Waals surface area contributed by atoms with Gasteiger partial charge in [-0.3, -0.25) is 4.79 Å². The average molecular weight is 429 g/mol. The first-order valence-corrected chi connectivity index (χ1v) is 9.09. The van der Waals surface area contributed by atoms with Crippen molar-refractivity contribution in [1.29, 1.82) is 0 Å². The lowest BCUT2D eigenvalue weighted by Crippen LogP contribution is -2.26. The zero-order valence-corrected chi connectivity index (χ0v) is 15.6. The minimum absolute atomic E-state index is 0.103. The first-order valence-electron chi connectivity index (χ1n) is 7.89. The van der Waals surface area contributed by atoms with Crippen molar-refractivity contribution in [2.75, 3.05) is 6.54 Å². The van der Waals surface area contributed by atoms with Crippen LogP contribution in [0.5, 0.6) is 0 Å². The van der Waals surface area contributed by atoms with Gasteiger partial charge in [0.2, 0.25) is 11.7 Å². The number of carbonyl (C=O) groups excluding carboxylic acids is 1. The molecule has 6 nitrogen and oxygen atoms in total. The monoisotopic (exact) mass is 428 g/mol. The first-order chi connectivity index (χ1) is 13.3. The highest BCUT2D eigenvalue weighted by atomic mass is 35.5. The van der Waals surface area contributed by atoms with Gasteiger partial charge in [0.25, 0.3) is 5.91 Å². The molecule has 0 aliphatic rings. The molecule has 0 unspecified atom stereocenters. The second-order valence-corrected chi connectivity index (χ2v) is 6.92. The van der Waals surface area contributed by atoms with Crippen molar-refractivity contribution >= 4 is 29.3 Å². The Morgan fingerprint density at radius 1 is 1.21 bits per heavy atom. The molecule has 0 saturated heterocycles. The van der Waals surface area contributed by atoms with Gasteiger partial charge >= 0.3 is 5.51 Å². The molecule has 1 N–H and O–H groups in total. The average Bonchev–Trinajstić information content (AvgIpc) is 3.10. The van der Waals surface area contributed by atoms with Crippen LogP contribution in [0.25, 0.3) is 11.4 Å². The van der Waals surface area contributed by atoms with Crippen LogP contribution in [0, 0.1) is 0 Å². The number of rotatable bonds is 6. The van der Waals surface area contributed by atoms with Gasteiger partial charge in [0.05, 0.1) is 5.56 Å². The quantitative estimate of drug-likeness (QED) is 0.587. The van der Waals surface area contributed by atoms with E-state index in [0.717, 1.165) is 0 Å². The van der Waals surface area contributed by atoms with E-state index in [-0.39, 0.29) is 24.4 Å². The molecule has 146 valence electrons. The topological polar surface area (TPSA) is 80.9 Å². The summed E-state index contributed by atoms with van der Waals surface area (Å²) < 4.78 is 42.9. The predicted octanol–water partition coefficient (Wildman–Crippen LogP) is 4.37. The number of nitrogens with zero attached hydrogens (tertiary/aromatic N) is 3. The van der Waals surface area contributed by atoms with E-state index in [4.69, 9.17) is 16.1 Å². The number of halogens is 4. The highest BCUT2D eigenvalue weighted by molar-refractivity contribution is 8.00. The molecule has 2 heterocycles. The van der Waals surface area contributed by atoms with Crippen LogP contribution in [0.15, 0.2) is 52.1 Å². The lowest BCUT2D eigenvalue weighted by atomic mass is 10.2. The second-order valence-electron chi connectivity index (χ2n) is 5.43. The largest absolute Gasteiger partial charge is 0.447 e. The van der Waals surface area contributed by atoms with Gasteiger partial charge in [-0.1, -0.05) is 16.8 Å². The molecule has 0 aliphatic carbocycles. The second kappa shape index (κ2) is 8.61. The molecule has 0 spiro atoms. The number of thioether (sulfide) groups is 1. The molecule has 0 saturated carbocycles. The number of benzene rings is 1. The summed E-state index contributed by atoms with van der Waals surface area (Å²) in [6, 6.07) is 9.53. The van der Waals surface area contributed by atoms with Crippen LogP contribution in [0.1, 0.15) is 16.2 Å². The third-order valence-electron chi connectivity index (χ3n) is 3.42. The molecule has 1 aromatic carbocycles. The Bertz CT molecular complexity index is 964. The summed E-state index contributed by atoms with van der Waals surface area (Å²) in [5.41, 5.74) is -3.98. The van der Waals surface area contributed by atoms with Crippen LogP contribution < -0.4 is 5.32 Å². The Morgan fingerprint density at radius 2 is 1.96 bits per heavy atom. The molecule has 1 amide bonds. The number of aromatic nitrogens is 3. The SMILES string of the molecule is O=C(NCCc1nc(-c2ccc(Cl)cc2)no1)c1cccnc1SC(F)(F)F. The van der Waals surface area contributed by atoms with E-state index in [1.54, 1.807) is 24.3 Å². The standard InChI is InChI=1S/C17H12ClF3N4O2S/c18-11-5-3-10(4-6-11)14-24-13(27-25-14)7-9-22-15(26)12-2-1-8-23-16(12)28-17(19,20)21/h1-6,8H,7,9H2,(H,22,26). The maximum absolute atomic E-state index is 12.6. The summed E-state index contributed by atoms with van der Waals surface area (Å²) >= 11 is 5.39. The van der Waals surface area contributed by atoms with Gasteiger partial charge in [0, 0.05) is 41.5 Å². The molecular formula is C17H12ClF3N4O2S. The highest BCUT2D eigenvalue weighted by Gasteiger charge is 2.32. The molecule has 0 radical (unpaired) electrons. The van der Waals surface area contributed by atoms with Crippen molar-refractivity contribution < 1.29 is 22.5 Å². The summed E-state index contributed by atoms with van der Waals surface area (Å²) in [4.78, 5) is 20.0. The fourth-order valence-corrected chi connectivity index (χ4v) is 2.93. The molecule has 3 rings (SSSR count). The van der Waals surface area contributed by atoms with Crippen molar-refractivity contribution in [3.05, 3.63) is 59.1 Å². The number of hydrogen-bond donors (Lipinski definition) is 1. The van der Waals surface area contributed by atoms with Gasteiger partial charge in [0.1, 0.15) is 5.03 Å². The summed E-state index contributed by atoms with van der Waals surface area (Å²) in [5, 5.41) is 6.54. The van der Waals surface area contributed by atoms with Gasteiger partial charge in [0.15, 0.2) is 0 Å². The molecule has 0 atom stereocenters. The number of hydrogen-bond acceptors (Lipinski definition) is 6. The van der Waals surface area contributed by atoms with E-state index in [1.807, 2.05) is 0 Å². The van der Waals surface area contributed by atoms with Crippen molar-refractivity contribution in [2.24, 2.45) is 0 Å². The van der Waals surface area contributed by atoms with E-state index in [2.05, 4.69) is 20.4 Å². The van der Waals surface area contributed by atoms with Crippen LogP contribution >= 0.6 is 23.4 Å². The molecule has 28 heavy (non-hydrogen) atoms. The lowest BCUT2D eigenvalue weighted by Gasteiger charge is -2.09. The van der Waals surface area contributed by atoms with E-state index in [0.29, 0.717) is 16.4 Å². The lowest BCUT2D eigenvalue weighted by molar-refractivity contribution is -0.0329. The smallest absolute Gasteiger partial charge is 0.351 e. The zero-order valence-electron chi connectivity index (χ0n) is 14.0. The Morgan fingerprint density at radius 3 is 2.68 bits per heavy atom. The van der Waals surface area contributed by atoms with Crippen LogP contribution in [0.3, 0.4) is 0 Å². The van der Waals surface area contributed by atoms with Crippen LogP contribution in [-0.2, 0) is 6.42 Å². The first kappa shape index (κ1) is 20.2. The number of carbonyl (C=O) groups is 1. The van der Waals surface area contributed by atoms with Gasteiger partial charge in [-0.05, 0) is 36.4 Å². The molecule has 0 fully saturated rings. The molecule has 11 heteroatoms. The van der Waals surface area contributed by atoms with Crippen molar-refractivity contribution in [1.82, 2.24) is 20.4 Å². The number of pyridine rings is 1. The summed E-state index contributed by atoms with van der Waals surface area (Å²) in [5.74, 6) is -0.0206. The number of amides is 1. The van der Waals surface area contributed by atoms with Crippen molar-refractivity contribution in [3.8, 4) is 11.4 Å². The van der Waals surface area contributed by atoms with Gasteiger partial charge in [-0.15, -0.1) is 0 Å². The van der Waals surface area contributed by atoms with Crippen LogP contribution in [0.4, 0.5) is 13.2 Å². The summed E-state index contributed by atoms with van der Waals surface area (Å²) in [6.07, 6.45) is 1.41. The fourth-order valence-electron chi connectivity index (χ4n) is 2.21. The van der Waals surface area contributed by atoms with E-state index in [9.17, 15) is 18.0 Å². The van der Waals surface area contributed by atoms with Gasteiger partial charge in [-0.25, -0.2) is 4.98 Å². The Labute approximate surface area is 166 Å². The van der Waals surface area contributed by atoms with Crippen LogP contribution in [0.2, 0.25) is 5.02 Å².